The molecule has 37 heavy (non-hydrogen) atoms. The third-order valence-electron chi connectivity index (χ3n) is 7.17. The number of nitrogens with two attached hydrogens (primary N) is 1. The molecule has 1 aliphatic heterocycles. The van der Waals surface area contributed by atoms with E-state index < -0.39 is 23.2 Å². The fourth-order valence-corrected chi connectivity index (χ4v) is 5.76. The first-order valence-electron chi connectivity index (χ1n) is 12.4. The summed E-state index contributed by atoms with van der Waals surface area (Å²) in [7, 11) is 1.61. The Labute approximate surface area is 212 Å². The van der Waals surface area contributed by atoms with E-state index in [9.17, 15) is 18.4 Å². The number of amides is 2. The lowest BCUT2D eigenvalue weighted by atomic mass is 9.65. The number of carbonyl (C=O) groups is 2. The maximum absolute atomic E-state index is 14.3. The van der Waals surface area contributed by atoms with Crippen LogP contribution < -0.4 is 16.0 Å². The number of hydrogen-bond acceptors (Lipinski definition) is 6. The van der Waals surface area contributed by atoms with Gasteiger partial charge in [-0.1, -0.05) is 0 Å². The molecule has 1 fully saturated rings. The highest BCUT2D eigenvalue weighted by atomic mass is 19.3. The Kier molecular flexibility index (Phi) is 6.17. The normalized spacial score (nSPS) is 17.6. The Bertz CT molecular complexity index is 1370. The van der Waals surface area contributed by atoms with Crippen molar-refractivity contribution >= 4 is 34.5 Å². The average Bonchev–Trinajstić information content (AvgIpc) is 3.32. The van der Waals surface area contributed by atoms with Gasteiger partial charge in [-0.2, -0.15) is 5.10 Å². The van der Waals surface area contributed by atoms with Crippen molar-refractivity contribution in [1.29, 1.82) is 0 Å². The summed E-state index contributed by atoms with van der Waals surface area (Å²) in [5, 5.41) is 7.21. The standard InChI is InChI=1S/C25H31F2N7O3/c1-4-34-19(8-15(2)31-34)22(36)30-23-29-17-9-16(21(28)35)10-18-20(17)33(23)14-24(11-25(26,27)12-24)13-32(18)6-5-7-37-3/h8-10H,4-7,11-14H2,1-3H3,(H2,28,35)(H,29,30,36). The number of halogens is 2. The van der Waals surface area contributed by atoms with Crippen molar-refractivity contribution < 1.29 is 23.1 Å². The molecule has 3 N–H and O–H groups in total. The molecule has 198 valence electrons. The molecular weight excluding hydrogens is 484 g/mol. The third-order valence-corrected chi connectivity index (χ3v) is 7.17. The van der Waals surface area contributed by atoms with Crippen molar-refractivity contribution in [2.45, 2.75) is 52.1 Å². The number of methoxy groups -OCH3 is 1. The number of ether oxygens (including phenoxy) is 1. The topological polar surface area (TPSA) is 120 Å². The number of nitrogens with one attached hydrogen (secondary N) is 1. The Balaban J connectivity index is 1.63. The molecule has 0 bridgehead atoms. The van der Waals surface area contributed by atoms with Crippen LogP contribution in [0.2, 0.25) is 0 Å². The molecule has 2 aromatic heterocycles. The molecule has 2 aliphatic rings. The van der Waals surface area contributed by atoms with E-state index in [1.165, 1.54) is 0 Å². The van der Waals surface area contributed by atoms with E-state index in [-0.39, 0.29) is 30.9 Å². The lowest BCUT2D eigenvalue weighted by Crippen LogP contribution is -2.54. The van der Waals surface area contributed by atoms with Crippen LogP contribution in [0.15, 0.2) is 18.2 Å². The van der Waals surface area contributed by atoms with Gasteiger partial charge in [-0.3, -0.25) is 19.6 Å². The molecule has 3 aromatic rings. The quantitative estimate of drug-likeness (QED) is 0.445. The highest BCUT2D eigenvalue weighted by molar-refractivity contribution is 6.05. The number of anilines is 2. The molecule has 12 heteroatoms. The molecule has 1 aromatic carbocycles. The first kappa shape index (κ1) is 25.1. The number of aromatic nitrogens is 4. The molecule has 1 aliphatic carbocycles. The lowest BCUT2D eigenvalue weighted by Gasteiger charge is -2.49. The highest BCUT2D eigenvalue weighted by Crippen LogP contribution is 2.55. The van der Waals surface area contributed by atoms with Crippen LogP contribution in [0.25, 0.3) is 11.0 Å². The van der Waals surface area contributed by atoms with E-state index in [1.54, 1.807) is 41.5 Å². The second-order valence-electron chi connectivity index (χ2n) is 10.2. The molecule has 0 radical (unpaired) electrons. The van der Waals surface area contributed by atoms with E-state index in [0.29, 0.717) is 60.8 Å². The van der Waals surface area contributed by atoms with Crippen molar-refractivity contribution in [3.8, 4) is 0 Å². The molecule has 1 saturated carbocycles. The number of carbonyl (C=O) groups excluding carboxylic acids is 2. The number of aryl methyl sites for hydroxylation is 2. The van der Waals surface area contributed by atoms with Gasteiger partial charge in [-0.25, -0.2) is 13.8 Å². The molecule has 10 nitrogen and oxygen atoms in total. The number of benzene rings is 1. The molecule has 0 atom stereocenters. The Morgan fingerprint density at radius 3 is 2.62 bits per heavy atom. The van der Waals surface area contributed by atoms with Gasteiger partial charge in [0.25, 0.3) is 5.91 Å². The van der Waals surface area contributed by atoms with Crippen LogP contribution in [0.3, 0.4) is 0 Å². The van der Waals surface area contributed by atoms with Gasteiger partial charge >= 0.3 is 0 Å². The van der Waals surface area contributed by atoms with Crippen LogP contribution in [0.4, 0.5) is 20.4 Å². The molecule has 0 unspecified atom stereocenters. The van der Waals surface area contributed by atoms with Gasteiger partial charge in [-0.05, 0) is 38.5 Å². The molecule has 0 saturated heterocycles. The fourth-order valence-electron chi connectivity index (χ4n) is 5.76. The van der Waals surface area contributed by atoms with Crippen LogP contribution in [-0.4, -0.2) is 63.9 Å². The minimum atomic E-state index is -2.75. The van der Waals surface area contributed by atoms with Crippen LogP contribution in [-0.2, 0) is 17.8 Å². The first-order chi connectivity index (χ1) is 17.5. The van der Waals surface area contributed by atoms with Crippen LogP contribution >= 0.6 is 0 Å². The predicted octanol–water partition coefficient (Wildman–Crippen LogP) is 3.18. The zero-order valence-corrected chi connectivity index (χ0v) is 21.2. The maximum Gasteiger partial charge on any atom is 0.276 e. The molecule has 5 rings (SSSR count). The number of hydrogen-bond donors (Lipinski definition) is 2. The first-order valence-corrected chi connectivity index (χ1v) is 12.4. The molecule has 3 heterocycles. The van der Waals surface area contributed by atoms with E-state index >= 15 is 0 Å². The summed E-state index contributed by atoms with van der Waals surface area (Å²) in [5.74, 6) is -3.54. The molecule has 1 spiro atoms. The Morgan fingerprint density at radius 2 is 1.97 bits per heavy atom. The number of primary amides is 1. The number of nitrogens with zero attached hydrogens (tertiary/aromatic N) is 5. The number of alkyl halides is 2. The zero-order valence-electron chi connectivity index (χ0n) is 21.2. The summed E-state index contributed by atoms with van der Waals surface area (Å²) < 4.78 is 37.1. The van der Waals surface area contributed by atoms with Crippen LogP contribution in [0.1, 0.15) is 52.7 Å². The van der Waals surface area contributed by atoms with Crippen LogP contribution in [0.5, 0.6) is 0 Å². The van der Waals surface area contributed by atoms with E-state index in [1.807, 2.05) is 11.8 Å². The summed E-state index contributed by atoms with van der Waals surface area (Å²) in [5.41, 5.74) is 8.04. The van der Waals surface area contributed by atoms with E-state index in [0.717, 1.165) is 0 Å². The highest BCUT2D eigenvalue weighted by Gasteiger charge is 2.58. The predicted molar refractivity (Wildman–Crippen MR) is 134 cm³/mol. The Morgan fingerprint density at radius 1 is 1.22 bits per heavy atom. The number of rotatable bonds is 8. The summed E-state index contributed by atoms with van der Waals surface area (Å²) in [6, 6.07) is 4.95. The van der Waals surface area contributed by atoms with Gasteiger partial charge in [0.15, 0.2) is 0 Å². The Hall–Kier alpha value is -3.54. The van der Waals surface area contributed by atoms with Gasteiger partial charge in [0, 0.05) is 63.7 Å². The fraction of sp³-hybridized carbons (Fsp3) is 0.520. The van der Waals surface area contributed by atoms with Gasteiger partial charge < -0.3 is 19.9 Å². The monoisotopic (exact) mass is 515 g/mol. The van der Waals surface area contributed by atoms with Gasteiger partial charge in [0.1, 0.15) is 5.69 Å². The summed E-state index contributed by atoms with van der Waals surface area (Å²) in [4.78, 5) is 32.1. The minimum Gasteiger partial charge on any atom is -0.385 e. The SMILES string of the molecule is CCn1nc(C)cc1C(=O)Nc1nc2cc(C(N)=O)cc3c2n1CC1(CN3CCCOC)CC(F)(F)C1. The van der Waals surface area contributed by atoms with Crippen molar-refractivity contribution in [1.82, 2.24) is 19.3 Å². The van der Waals surface area contributed by atoms with E-state index in [4.69, 9.17) is 10.5 Å². The third kappa shape index (κ3) is 4.54. The average molecular weight is 516 g/mol. The van der Waals surface area contributed by atoms with Gasteiger partial charge in [-0.15, -0.1) is 0 Å². The second kappa shape index (κ2) is 9.09. The van der Waals surface area contributed by atoms with Crippen LogP contribution in [0, 0.1) is 12.3 Å². The largest absolute Gasteiger partial charge is 0.385 e. The minimum absolute atomic E-state index is 0.234. The molecular formula is C25H31F2N7O3. The van der Waals surface area contributed by atoms with Crippen molar-refractivity contribution in [2.24, 2.45) is 11.1 Å². The van der Waals surface area contributed by atoms with Crippen molar-refractivity contribution in [3.05, 3.63) is 35.2 Å². The van der Waals surface area contributed by atoms with Crippen molar-refractivity contribution in [3.63, 3.8) is 0 Å². The maximum atomic E-state index is 14.3. The number of imidazole rings is 1. The van der Waals surface area contributed by atoms with Gasteiger partial charge in [0.2, 0.25) is 17.8 Å². The molecule has 2 amide bonds. The van der Waals surface area contributed by atoms with Crippen molar-refractivity contribution in [2.75, 3.05) is 37.0 Å². The summed E-state index contributed by atoms with van der Waals surface area (Å²) >= 11 is 0. The smallest absolute Gasteiger partial charge is 0.276 e. The summed E-state index contributed by atoms with van der Waals surface area (Å²) in [6.07, 6.45) is 0.127. The lowest BCUT2D eigenvalue weighted by molar-refractivity contribution is -0.162. The van der Waals surface area contributed by atoms with Gasteiger partial charge in [0.05, 0.1) is 22.4 Å². The van der Waals surface area contributed by atoms with E-state index in [2.05, 4.69) is 15.4 Å². The summed E-state index contributed by atoms with van der Waals surface area (Å²) in [6.45, 7) is 5.87. The zero-order chi connectivity index (χ0) is 26.5. The second-order valence-corrected chi connectivity index (χ2v) is 10.2.